The maximum atomic E-state index is 12.4. The number of carbonyl (C=O) groups is 1. The van der Waals surface area contributed by atoms with Gasteiger partial charge in [-0.3, -0.25) is 9.48 Å². The van der Waals surface area contributed by atoms with Gasteiger partial charge in [0, 0.05) is 36.7 Å². The maximum absolute atomic E-state index is 12.4. The van der Waals surface area contributed by atoms with E-state index in [9.17, 15) is 9.18 Å². The minimum atomic E-state index is -0.457. The van der Waals surface area contributed by atoms with E-state index in [1.165, 1.54) is 10.2 Å². The summed E-state index contributed by atoms with van der Waals surface area (Å²) in [5.41, 5.74) is 3.62. The number of halogens is 1. The molecule has 0 saturated heterocycles. The summed E-state index contributed by atoms with van der Waals surface area (Å²) in [6.07, 6.45) is 5.31. The van der Waals surface area contributed by atoms with Crippen LogP contribution < -0.4 is 5.32 Å². The monoisotopic (exact) mass is 340 g/mol. The second kappa shape index (κ2) is 7.79. The highest BCUT2D eigenvalue weighted by Crippen LogP contribution is 2.13. The third kappa shape index (κ3) is 4.15. The summed E-state index contributed by atoms with van der Waals surface area (Å²) in [5, 5.41) is 6.94. The van der Waals surface area contributed by atoms with Crippen LogP contribution in [0.4, 0.5) is 4.39 Å². The van der Waals surface area contributed by atoms with Crippen molar-refractivity contribution in [2.24, 2.45) is 0 Å². The van der Waals surface area contributed by atoms with Gasteiger partial charge >= 0.3 is 0 Å². The van der Waals surface area contributed by atoms with E-state index in [2.05, 4.69) is 27.1 Å². The molecule has 0 spiro atoms. The van der Waals surface area contributed by atoms with Crippen LogP contribution in [0.2, 0.25) is 0 Å². The van der Waals surface area contributed by atoms with Crippen molar-refractivity contribution in [3.05, 3.63) is 77.4 Å². The normalized spacial score (nSPS) is 10.8. The molecule has 3 rings (SSSR count). The summed E-state index contributed by atoms with van der Waals surface area (Å²) < 4.78 is 15.9. The lowest BCUT2D eigenvalue weighted by Crippen LogP contribution is -2.23. The fourth-order valence-corrected chi connectivity index (χ4v) is 2.73. The zero-order valence-corrected chi connectivity index (χ0v) is 14.2. The molecule has 1 N–H and O–H groups in total. The fourth-order valence-electron chi connectivity index (χ4n) is 2.73. The largest absolute Gasteiger partial charge is 0.348 e. The molecule has 0 fully saturated rings. The molecule has 2 heterocycles. The predicted molar refractivity (Wildman–Crippen MR) is 94.1 cm³/mol. The topological polar surface area (TPSA) is 51.9 Å². The predicted octanol–water partition coefficient (Wildman–Crippen LogP) is 2.94. The van der Waals surface area contributed by atoms with Crippen LogP contribution in [0, 0.1) is 6.92 Å². The van der Waals surface area contributed by atoms with Crippen LogP contribution in [0.5, 0.6) is 0 Å². The first-order valence-corrected chi connectivity index (χ1v) is 8.22. The molecule has 0 aliphatic carbocycles. The Bertz CT molecular complexity index is 838. The number of aromatic nitrogens is 3. The van der Waals surface area contributed by atoms with E-state index in [0.717, 1.165) is 17.8 Å². The number of hydrogen-bond acceptors (Lipinski definition) is 2. The van der Waals surface area contributed by atoms with Crippen molar-refractivity contribution < 1.29 is 9.18 Å². The van der Waals surface area contributed by atoms with Crippen molar-refractivity contribution in [1.29, 1.82) is 0 Å². The summed E-state index contributed by atoms with van der Waals surface area (Å²) in [5.74, 6) is -0.123. The van der Waals surface area contributed by atoms with E-state index >= 15 is 0 Å². The van der Waals surface area contributed by atoms with Gasteiger partial charge in [0.1, 0.15) is 6.67 Å². The molecular formula is C19H21FN4O. The van der Waals surface area contributed by atoms with E-state index < -0.39 is 6.67 Å². The standard InChI is InChI=1S/C19H21FN4O/c1-15-18(7-9-23(15)13-16-5-3-2-4-6-16)19(25)21-11-17-12-22-24(14-17)10-8-20/h2-7,9,12,14H,8,10-11,13H2,1H3,(H,21,25). The van der Waals surface area contributed by atoms with Crippen LogP contribution in [0.3, 0.4) is 0 Å². The molecule has 0 aliphatic heterocycles. The molecule has 1 amide bonds. The summed E-state index contributed by atoms with van der Waals surface area (Å²) in [4.78, 5) is 12.4. The molecule has 25 heavy (non-hydrogen) atoms. The first-order chi connectivity index (χ1) is 12.2. The third-order valence-electron chi connectivity index (χ3n) is 4.14. The lowest BCUT2D eigenvalue weighted by molar-refractivity contribution is 0.0950. The molecule has 0 aliphatic rings. The molecule has 6 heteroatoms. The van der Waals surface area contributed by atoms with E-state index in [4.69, 9.17) is 0 Å². The Balaban J connectivity index is 1.62. The maximum Gasteiger partial charge on any atom is 0.253 e. The third-order valence-corrected chi connectivity index (χ3v) is 4.14. The van der Waals surface area contributed by atoms with Gasteiger partial charge < -0.3 is 9.88 Å². The smallest absolute Gasteiger partial charge is 0.253 e. The number of carbonyl (C=O) groups excluding carboxylic acids is 1. The van der Waals surface area contributed by atoms with Crippen LogP contribution in [-0.4, -0.2) is 26.9 Å². The van der Waals surface area contributed by atoms with Gasteiger partial charge in [0.2, 0.25) is 0 Å². The van der Waals surface area contributed by atoms with Crippen LogP contribution in [0.15, 0.2) is 55.0 Å². The second-order valence-electron chi connectivity index (χ2n) is 5.91. The summed E-state index contributed by atoms with van der Waals surface area (Å²) in [7, 11) is 0. The average molecular weight is 340 g/mol. The SMILES string of the molecule is Cc1c(C(=O)NCc2cnn(CCF)c2)ccn1Cc1ccccc1. The Morgan fingerprint density at radius 1 is 1.20 bits per heavy atom. The van der Waals surface area contributed by atoms with Gasteiger partial charge in [-0.15, -0.1) is 0 Å². The van der Waals surface area contributed by atoms with Crippen molar-refractivity contribution >= 4 is 5.91 Å². The molecule has 0 atom stereocenters. The van der Waals surface area contributed by atoms with Crippen molar-refractivity contribution in [2.75, 3.05) is 6.67 Å². The molecule has 0 saturated carbocycles. The molecular weight excluding hydrogens is 319 g/mol. The van der Waals surface area contributed by atoms with Gasteiger partial charge in [0.05, 0.1) is 18.3 Å². The van der Waals surface area contributed by atoms with Crippen LogP contribution in [-0.2, 0) is 19.6 Å². The Morgan fingerprint density at radius 2 is 2.00 bits per heavy atom. The molecule has 3 aromatic rings. The number of nitrogens with zero attached hydrogens (tertiary/aromatic N) is 3. The van der Waals surface area contributed by atoms with Crippen LogP contribution in [0.1, 0.15) is 27.2 Å². The Kier molecular flexibility index (Phi) is 5.28. The number of alkyl halides is 1. The number of hydrogen-bond donors (Lipinski definition) is 1. The van der Waals surface area contributed by atoms with Crippen molar-refractivity contribution in [3.63, 3.8) is 0 Å². The Morgan fingerprint density at radius 3 is 2.76 bits per heavy atom. The van der Waals surface area contributed by atoms with Gasteiger partial charge in [-0.25, -0.2) is 4.39 Å². The minimum absolute atomic E-state index is 0.123. The zero-order valence-electron chi connectivity index (χ0n) is 14.2. The average Bonchev–Trinajstić information content (AvgIpc) is 3.22. The molecule has 0 radical (unpaired) electrons. The second-order valence-corrected chi connectivity index (χ2v) is 5.91. The fraction of sp³-hybridized carbons (Fsp3) is 0.263. The number of aryl methyl sites for hydroxylation is 1. The van der Waals surface area contributed by atoms with Crippen LogP contribution >= 0.6 is 0 Å². The van der Waals surface area contributed by atoms with E-state index in [1.807, 2.05) is 37.4 Å². The number of benzene rings is 1. The Hall–Kier alpha value is -2.89. The van der Waals surface area contributed by atoms with Crippen molar-refractivity contribution in [2.45, 2.75) is 26.6 Å². The van der Waals surface area contributed by atoms with Gasteiger partial charge in [0.25, 0.3) is 5.91 Å². The number of rotatable bonds is 7. The van der Waals surface area contributed by atoms with E-state index in [-0.39, 0.29) is 12.5 Å². The molecule has 1 aromatic carbocycles. The zero-order chi connectivity index (χ0) is 17.6. The number of amides is 1. The van der Waals surface area contributed by atoms with Crippen LogP contribution in [0.25, 0.3) is 0 Å². The molecule has 2 aromatic heterocycles. The Labute approximate surface area is 146 Å². The van der Waals surface area contributed by atoms with Crippen molar-refractivity contribution in [3.8, 4) is 0 Å². The minimum Gasteiger partial charge on any atom is -0.348 e. The first kappa shape index (κ1) is 17.0. The van der Waals surface area contributed by atoms with Gasteiger partial charge in [-0.2, -0.15) is 5.10 Å². The summed E-state index contributed by atoms with van der Waals surface area (Å²) >= 11 is 0. The lowest BCUT2D eigenvalue weighted by Gasteiger charge is -2.08. The molecule has 130 valence electrons. The molecule has 5 nitrogen and oxygen atoms in total. The van der Waals surface area contributed by atoms with Gasteiger partial charge in [0.15, 0.2) is 0 Å². The van der Waals surface area contributed by atoms with E-state index in [0.29, 0.717) is 12.1 Å². The summed E-state index contributed by atoms with van der Waals surface area (Å²) in [6, 6.07) is 12.0. The highest BCUT2D eigenvalue weighted by Gasteiger charge is 2.13. The van der Waals surface area contributed by atoms with Gasteiger partial charge in [-0.1, -0.05) is 30.3 Å². The highest BCUT2D eigenvalue weighted by atomic mass is 19.1. The van der Waals surface area contributed by atoms with Gasteiger partial charge in [-0.05, 0) is 18.6 Å². The molecule has 0 unspecified atom stereocenters. The van der Waals surface area contributed by atoms with E-state index in [1.54, 1.807) is 12.4 Å². The van der Waals surface area contributed by atoms with Crippen molar-refractivity contribution in [1.82, 2.24) is 19.7 Å². The summed E-state index contributed by atoms with van der Waals surface area (Å²) in [6.45, 7) is 2.82. The highest BCUT2D eigenvalue weighted by molar-refractivity contribution is 5.95. The first-order valence-electron chi connectivity index (χ1n) is 8.22. The molecule has 0 bridgehead atoms. The lowest BCUT2D eigenvalue weighted by atomic mass is 10.2. The quantitative estimate of drug-likeness (QED) is 0.719. The number of nitrogens with one attached hydrogen (secondary N) is 1.